The maximum atomic E-state index is 12.8. The van der Waals surface area contributed by atoms with Crippen molar-refractivity contribution in [2.75, 3.05) is 5.73 Å². The van der Waals surface area contributed by atoms with Gasteiger partial charge in [-0.3, -0.25) is 9.89 Å². The molecule has 5 nitrogen and oxygen atoms in total. The van der Waals surface area contributed by atoms with Crippen molar-refractivity contribution in [2.45, 2.75) is 19.6 Å². The number of aromatic nitrogens is 2. The lowest BCUT2D eigenvalue weighted by molar-refractivity contribution is -0.138. The minimum absolute atomic E-state index is 0.00843. The van der Waals surface area contributed by atoms with E-state index in [-0.39, 0.29) is 23.5 Å². The van der Waals surface area contributed by atoms with E-state index in [2.05, 4.69) is 15.5 Å². The summed E-state index contributed by atoms with van der Waals surface area (Å²) in [7, 11) is 0. The Balaban J connectivity index is 2.16. The highest BCUT2D eigenvalue weighted by atomic mass is 19.4. The Labute approximate surface area is 118 Å². The van der Waals surface area contributed by atoms with E-state index >= 15 is 0 Å². The summed E-state index contributed by atoms with van der Waals surface area (Å²) >= 11 is 0. The van der Waals surface area contributed by atoms with Gasteiger partial charge in [0.2, 0.25) is 0 Å². The van der Waals surface area contributed by atoms with Crippen molar-refractivity contribution in [1.82, 2.24) is 15.5 Å². The molecule has 0 saturated heterocycles. The lowest BCUT2D eigenvalue weighted by atomic mass is 10.1. The molecule has 1 heterocycles. The molecular formula is C13H13F3N4O. The largest absolute Gasteiger partial charge is 0.416 e. The Bertz CT molecular complexity index is 644. The van der Waals surface area contributed by atoms with E-state index in [1.54, 1.807) is 6.92 Å². The smallest absolute Gasteiger partial charge is 0.382 e. The molecule has 2 aromatic rings. The second-order valence-electron chi connectivity index (χ2n) is 4.45. The topological polar surface area (TPSA) is 83.8 Å². The van der Waals surface area contributed by atoms with Crippen LogP contribution in [0.25, 0.3) is 0 Å². The van der Waals surface area contributed by atoms with Gasteiger partial charge in [0.15, 0.2) is 5.82 Å². The van der Waals surface area contributed by atoms with Gasteiger partial charge in [-0.05, 0) is 18.6 Å². The molecule has 0 bridgehead atoms. The molecule has 8 heteroatoms. The van der Waals surface area contributed by atoms with Crippen molar-refractivity contribution in [1.29, 1.82) is 0 Å². The highest BCUT2D eigenvalue weighted by Crippen LogP contribution is 2.31. The fraction of sp³-hybridized carbons (Fsp3) is 0.231. The zero-order chi connectivity index (χ0) is 15.6. The number of aromatic amines is 1. The molecule has 1 aromatic carbocycles. The van der Waals surface area contributed by atoms with Crippen LogP contribution in [0.2, 0.25) is 0 Å². The number of carbonyl (C=O) groups is 1. The number of alkyl halides is 3. The summed E-state index contributed by atoms with van der Waals surface area (Å²) in [6.07, 6.45) is -4.47. The van der Waals surface area contributed by atoms with Crippen LogP contribution in [0.5, 0.6) is 0 Å². The van der Waals surface area contributed by atoms with Gasteiger partial charge < -0.3 is 11.1 Å². The molecule has 1 aromatic heterocycles. The molecule has 0 spiro atoms. The van der Waals surface area contributed by atoms with Gasteiger partial charge in [-0.2, -0.15) is 18.3 Å². The van der Waals surface area contributed by atoms with E-state index in [1.807, 2.05) is 0 Å². The molecule has 21 heavy (non-hydrogen) atoms. The van der Waals surface area contributed by atoms with Crippen LogP contribution in [-0.2, 0) is 12.7 Å². The molecule has 2 rings (SSSR count). The second kappa shape index (κ2) is 5.47. The van der Waals surface area contributed by atoms with Crippen molar-refractivity contribution in [3.05, 3.63) is 46.6 Å². The molecule has 112 valence electrons. The van der Waals surface area contributed by atoms with Crippen molar-refractivity contribution in [3.63, 3.8) is 0 Å². The average molecular weight is 298 g/mol. The molecule has 4 N–H and O–H groups in total. The summed E-state index contributed by atoms with van der Waals surface area (Å²) < 4.78 is 38.5. The van der Waals surface area contributed by atoms with Gasteiger partial charge in [-0.25, -0.2) is 0 Å². The van der Waals surface area contributed by atoms with Gasteiger partial charge in [-0.1, -0.05) is 18.2 Å². The van der Waals surface area contributed by atoms with Crippen molar-refractivity contribution in [3.8, 4) is 0 Å². The van der Waals surface area contributed by atoms with Crippen LogP contribution in [0.1, 0.15) is 27.2 Å². The van der Waals surface area contributed by atoms with Crippen LogP contribution < -0.4 is 11.1 Å². The first-order valence-electron chi connectivity index (χ1n) is 6.04. The van der Waals surface area contributed by atoms with E-state index in [4.69, 9.17) is 5.73 Å². The number of anilines is 1. The summed E-state index contributed by atoms with van der Waals surface area (Å²) in [6.45, 7) is 1.35. The van der Waals surface area contributed by atoms with Crippen LogP contribution in [0, 0.1) is 6.92 Å². The molecule has 0 radical (unpaired) electrons. The average Bonchev–Trinajstić information content (AvgIpc) is 2.75. The van der Waals surface area contributed by atoms with Crippen LogP contribution in [-0.4, -0.2) is 16.1 Å². The Morgan fingerprint density at radius 2 is 2.05 bits per heavy atom. The van der Waals surface area contributed by atoms with Gasteiger partial charge >= 0.3 is 6.18 Å². The summed E-state index contributed by atoms with van der Waals surface area (Å²) in [6, 6.07) is 5.06. The number of nitrogens with zero attached hydrogens (tertiary/aromatic N) is 1. The third kappa shape index (κ3) is 3.15. The van der Waals surface area contributed by atoms with Crippen LogP contribution in [0.15, 0.2) is 24.3 Å². The molecule has 0 unspecified atom stereocenters. The van der Waals surface area contributed by atoms with Crippen LogP contribution >= 0.6 is 0 Å². The number of benzene rings is 1. The SMILES string of the molecule is Cc1[nH]nc(N)c1C(=O)NCc1ccccc1C(F)(F)F. The van der Waals surface area contributed by atoms with Gasteiger partial charge in [-0.15, -0.1) is 0 Å². The van der Waals surface area contributed by atoms with E-state index < -0.39 is 17.6 Å². The predicted molar refractivity (Wildman–Crippen MR) is 70.4 cm³/mol. The first-order valence-corrected chi connectivity index (χ1v) is 6.04. The highest BCUT2D eigenvalue weighted by molar-refractivity contribution is 5.99. The number of aryl methyl sites for hydroxylation is 1. The fourth-order valence-electron chi connectivity index (χ4n) is 1.95. The molecule has 0 atom stereocenters. The molecule has 0 aliphatic heterocycles. The van der Waals surface area contributed by atoms with Crippen molar-refractivity contribution < 1.29 is 18.0 Å². The monoisotopic (exact) mass is 298 g/mol. The fourth-order valence-corrected chi connectivity index (χ4v) is 1.95. The lowest BCUT2D eigenvalue weighted by Crippen LogP contribution is -2.25. The van der Waals surface area contributed by atoms with Crippen LogP contribution in [0.4, 0.5) is 19.0 Å². The number of nitrogen functional groups attached to an aromatic ring is 1. The lowest BCUT2D eigenvalue weighted by Gasteiger charge is -2.13. The normalized spacial score (nSPS) is 11.4. The third-order valence-corrected chi connectivity index (χ3v) is 2.96. The summed E-state index contributed by atoms with van der Waals surface area (Å²) in [5.74, 6) is -0.565. The molecule has 0 saturated carbocycles. The number of rotatable bonds is 3. The number of amides is 1. The van der Waals surface area contributed by atoms with E-state index in [1.165, 1.54) is 18.2 Å². The highest BCUT2D eigenvalue weighted by Gasteiger charge is 2.32. The van der Waals surface area contributed by atoms with Crippen LogP contribution in [0.3, 0.4) is 0 Å². The predicted octanol–water partition coefficient (Wildman–Crippen LogP) is 2.25. The Hall–Kier alpha value is -2.51. The van der Waals surface area contributed by atoms with Gasteiger partial charge in [0, 0.05) is 12.2 Å². The first kappa shape index (κ1) is 14.9. The standard InChI is InChI=1S/C13H13F3N4O/c1-7-10(11(17)20-19-7)12(21)18-6-8-4-2-3-5-9(8)13(14,15)16/h2-5H,6H2,1H3,(H,18,21)(H3,17,19,20). The number of carbonyl (C=O) groups excluding carboxylic acids is 1. The molecule has 0 fully saturated rings. The Morgan fingerprint density at radius 1 is 1.38 bits per heavy atom. The summed E-state index contributed by atoms with van der Waals surface area (Å²) in [5, 5.41) is 8.61. The summed E-state index contributed by atoms with van der Waals surface area (Å²) in [5.41, 5.74) is 5.33. The maximum absolute atomic E-state index is 12.8. The van der Waals surface area contributed by atoms with Crippen molar-refractivity contribution in [2.24, 2.45) is 0 Å². The first-order chi connectivity index (χ1) is 9.80. The third-order valence-electron chi connectivity index (χ3n) is 2.96. The number of nitrogens with one attached hydrogen (secondary N) is 2. The number of hydrogen-bond acceptors (Lipinski definition) is 3. The summed E-state index contributed by atoms with van der Waals surface area (Å²) in [4.78, 5) is 11.9. The molecule has 1 amide bonds. The molecular weight excluding hydrogens is 285 g/mol. The van der Waals surface area contributed by atoms with Gasteiger partial charge in [0.25, 0.3) is 5.91 Å². The zero-order valence-corrected chi connectivity index (χ0v) is 11.1. The van der Waals surface area contributed by atoms with E-state index in [9.17, 15) is 18.0 Å². The maximum Gasteiger partial charge on any atom is 0.416 e. The minimum atomic E-state index is -4.47. The molecule has 0 aliphatic carbocycles. The Kier molecular flexibility index (Phi) is 3.88. The number of nitrogens with two attached hydrogens (primary N) is 1. The zero-order valence-electron chi connectivity index (χ0n) is 11.1. The van der Waals surface area contributed by atoms with Gasteiger partial charge in [0.1, 0.15) is 5.56 Å². The molecule has 0 aliphatic rings. The number of hydrogen-bond donors (Lipinski definition) is 3. The van der Waals surface area contributed by atoms with Crippen molar-refractivity contribution >= 4 is 11.7 Å². The number of halogens is 3. The van der Waals surface area contributed by atoms with E-state index in [0.717, 1.165) is 6.07 Å². The minimum Gasteiger partial charge on any atom is -0.382 e. The van der Waals surface area contributed by atoms with E-state index in [0.29, 0.717) is 5.69 Å². The number of H-pyrrole nitrogens is 1. The second-order valence-corrected chi connectivity index (χ2v) is 4.45. The van der Waals surface area contributed by atoms with Gasteiger partial charge in [0.05, 0.1) is 5.56 Å². The quantitative estimate of drug-likeness (QED) is 0.812. The Morgan fingerprint density at radius 3 is 2.62 bits per heavy atom.